The van der Waals surface area contributed by atoms with Crippen LogP contribution >= 0.6 is 0 Å². The molecule has 2 aromatic rings. The number of carbonyl (C=O) groups excluding carboxylic acids is 1. The molecule has 2 rings (SSSR count). The molecule has 0 N–H and O–H groups in total. The highest BCUT2D eigenvalue weighted by atomic mass is 16.3. The zero-order chi connectivity index (χ0) is 17.2. The molecular formula is C21H30O3. The van der Waals surface area contributed by atoms with Gasteiger partial charge in [-0.25, -0.2) is 0 Å². The Bertz CT molecular complexity index is 504. The Balaban J connectivity index is 1.54. The van der Waals surface area contributed by atoms with Gasteiger partial charge in [-0.05, 0) is 73.6 Å². The zero-order valence-corrected chi connectivity index (χ0v) is 15.0. The van der Waals surface area contributed by atoms with Gasteiger partial charge in [-0.1, -0.05) is 13.8 Å². The molecular weight excluding hydrogens is 300 g/mol. The molecule has 0 aromatic carbocycles. The third-order valence-electron chi connectivity index (χ3n) is 4.64. The van der Waals surface area contributed by atoms with E-state index in [1.165, 1.54) is 11.1 Å². The second-order valence-electron chi connectivity index (χ2n) is 7.20. The second-order valence-corrected chi connectivity index (χ2v) is 7.20. The van der Waals surface area contributed by atoms with Crippen LogP contribution in [0.4, 0.5) is 0 Å². The van der Waals surface area contributed by atoms with Crippen molar-refractivity contribution < 1.29 is 13.6 Å². The minimum Gasteiger partial charge on any atom is -0.472 e. The first-order chi connectivity index (χ1) is 11.6. The lowest BCUT2D eigenvalue weighted by atomic mass is 9.91. The summed E-state index contributed by atoms with van der Waals surface area (Å²) >= 11 is 0. The molecule has 2 unspecified atom stereocenters. The Morgan fingerprint density at radius 3 is 1.71 bits per heavy atom. The molecule has 0 radical (unpaired) electrons. The molecule has 132 valence electrons. The number of Topliss-reactive ketones (excluding diaryl/α,β-unsaturated/α-hetero) is 1. The molecule has 0 aliphatic heterocycles. The van der Waals surface area contributed by atoms with Crippen LogP contribution in [0.25, 0.3) is 0 Å². The summed E-state index contributed by atoms with van der Waals surface area (Å²) in [5.41, 5.74) is 2.50. The van der Waals surface area contributed by atoms with Gasteiger partial charge in [-0.2, -0.15) is 0 Å². The van der Waals surface area contributed by atoms with Crippen LogP contribution in [-0.4, -0.2) is 5.78 Å². The maximum Gasteiger partial charge on any atom is 0.133 e. The van der Waals surface area contributed by atoms with Gasteiger partial charge in [0.2, 0.25) is 0 Å². The minimum atomic E-state index is 0.418. The summed E-state index contributed by atoms with van der Waals surface area (Å²) in [6.07, 6.45) is 15.0. The van der Waals surface area contributed by atoms with Crippen LogP contribution in [0.2, 0.25) is 0 Å². The Kier molecular flexibility index (Phi) is 7.87. The monoisotopic (exact) mass is 330 g/mol. The second kappa shape index (κ2) is 10.2. The van der Waals surface area contributed by atoms with Gasteiger partial charge in [0.25, 0.3) is 0 Å². The minimum absolute atomic E-state index is 0.418. The molecule has 0 bridgehead atoms. The Labute approximate surface area is 145 Å². The zero-order valence-electron chi connectivity index (χ0n) is 15.0. The highest BCUT2D eigenvalue weighted by Crippen LogP contribution is 2.19. The lowest BCUT2D eigenvalue weighted by Crippen LogP contribution is -2.10. The largest absolute Gasteiger partial charge is 0.472 e. The summed E-state index contributed by atoms with van der Waals surface area (Å²) in [5.74, 6) is 1.37. The molecule has 0 aliphatic carbocycles. The van der Waals surface area contributed by atoms with Gasteiger partial charge in [0.15, 0.2) is 0 Å². The molecule has 0 amide bonds. The molecule has 0 saturated heterocycles. The molecule has 2 atom stereocenters. The summed E-state index contributed by atoms with van der Waals surface area (Å²) in [5, 5.41) is 0. The Morgan fingerprint density at radius 1 is 0.875 bits per heavy atom. The summed E-state index contributed by atoms with van der Waals surface area (Å²) in [6, 6.07) is 4.03. The highest BCUT2D eigenvalue weighted by molar-refractivity contribution is 5.78. The lowest BCUT2D eigenvalue weighted by molar-refractivity contribution is -0.120. The number of hydrogen-bond donors (Lipinski definition) is 0. The van der Waals surface area contributed by atoms with Gasteiger partial charge < -0.3 is 8.83 Å². The Hall–Kier alpha value is -1.77. The maximum atomic E-state index is 12.2. The van der Waals surface area contributed by atoms with Crippen LogP contribution in [0.15, 0.2) is 46.0 Å². The van der Waals surface area contributed by atoms with Crippen LogP contribution in [-0.2, 0) is 17.6 Å². The van der Waals surface area contributed by atoms with E-state index in [2.05, 4.69) is 13.8 Å². The third-order valence-corrected chi connectivity index (χ3v) is 4.64. The molecule has 0 saturated carbocycles. The molecule has 3 nitrogen and oxygen atoms in total. The number of rotatable bonds is 12. The van der Waals surface area contributed by atoms with Crippen molar-refractivity contribution in [1.82, 2.24) is 0 Å². The van der Waals surface area contributed by atoms with E-state index < -0.39 is 0 Å². The fraction of sp³-hybridized carbons (Fsp3) is 0.571. The van der Waals surface area contributed by atoms with E-state index in [0.29, 0.717) is 17.6 Å². The average Bonchev–Trinajstić information content (AvgIpc) is 3.20. The molecule has 0 spiro atoms. The topological polar surface area (TPSA) is 43.4 Å². The summed E-state index contributed by atoms with van der Waals surface area (Å²) in [7, 11) is 0. The van der Waals surface area contributed by atoms with E-state index in [0.717, 1.165) is 51.4 Å². The van der Waals surface area contributed by atoms with Crippen molar-refractivity contribution in [2.45, 2.75) is 65.2 Å². The van der Waals surface area contributed by atoms with Crippen LogP contribution in [0.5, 0.6) is 0 Å². The van der Waals surface area contributed by atoms with Gasteiger partial charge >= 0.3 is 0 Å². The fourth-order valence-corrected chi connectivity index (χ4v) is 3.24. The summed E-state index contributed by atoms with van der Waals surface area (Å²) in [6.45, 7) is 4.38. The third kappa shape index (κ3) is 7.20. The van der Waals surface area contributed by atoms with Gasteiger partial charge in [0.05, 0.1) is 25.1 Å². The van der Waals surface area contributed by atoms with E-state index >= 15 is 0 Å². The maximum absolute atomic E-state index is 12.2. The standard InChI is InChI=1S/C21H30O3/c1-17(5-3-7-19-9-11-23-15-19)13-21(22)14-18(2)6-4-8-20-10-12-24-16-20/h9-12,15-18H,3-8,13-14H2,1-2H3. The number of carbonyl (C=O) groups is 1. The van der Waals surface area contributed by atoms with Crippen molar-refractivity contribution in [2.24, 2.45) is 11.8 Å². The average molecular weight is 330 g/mol. The van der Waals surface area contributed by atoms with Crippen molar-refractivity contribution in [3.63, 3.8) is 0 Å². The van der Waals surface area contributed by atoms with Crippen LogP contribution < -0.4 is 0 Å². The van der Waals surface area contributed by atoms with E-state index in [9.17, 15) is 4.79 Å². The van der Waals surface area contributed by atoms with Gasteiger partial charge in [-0.15, -0.1) is 0 Å². The number of furan rings is 2. The first kappa shape index (κ1) is 18.6. The molecule has 2 heterocycles. The molecule has 24 heavy (non-hydrogen) atoms. The first-order valence-electron chi connectivity index (χ1n) is 9.17. The van der Waals surface area contributed by atoms with Gasteiger partial charge in [-0.3, -0.25) is 4.79 Å². The molecule has 0 aliphatic rings. The lowest BCUT2D eigenvalue weighted by Gasteiger charge is -2.13. The number of aryl methyl sites for hydroxylation is 2. The van der Waals surface area contributed by atoms with Gasteiger partial charge in [0, 0.05) is 12.8 Å². The summed E-state index contributed by atoms with van der Waals surface area (Å²) < 4.78 is 10.2. The van der Waals surface area contributed by atoms with Crippen molar-refractivity contribution in [3.8, 4) is 0 Å². The quantitative estimate of drug-likeness (QED) is 0.491. The van der Waals surface area contributed by atoms with Crippen molar-refractivity contribution in [3.05, 3.63) is 48.3 Å². The van der Waals surface area contributed by atoms with Crippen molar-refractivity contribution in [1.29, 1.82) is 0 Å². The van der Waals surface area contributed by atoms with Crippen LogP contribution in [0.3, 0.4) is 0 Å². The first-order valence-corrected chi connectivity index (χ1v) is 9.17. The Morgan fingerprint density at radius 2 is 1.33 bits per heavy atom. The van der Waals surface area contributed by atoms with E-state index in [1.54, 1.807) is 25.1 Å². The van der Waals surface area contributed by atoms with E-state index in [-0.39, 0.29) is 0 Å². The fourth-order valence-electron chi connectivity index (χ4n) is 3.24. The van der Waals surface area contributed by atoms with Crippen molar-refractivity contribution >= 4 is 5.78 Å². The van der Waals surface area contributed by atoms with Crippen LogP contribution in [0, 0.1) is 11.8 Å². The smallest absolute Gasteiger partial charge is 0.133 e. The van der Waals surface area contributed by atoms with Gasteiger partial charge in [0.1, 0.15) is 5.78 Å². The highest BCUT2D eigenvalue weighted by Gasteiger charge is 2.13. The van der Waals surface area contributed by atoms with Crippen LogP contribution in [0.1, 0.15) is 63.5 Å². The molecule has 2 aromatic heterocycles. The number of hydrogen-bond acceptors (Lipinski definition) is 3. The predicted molar refractivity (Wildman–Crippen MR) is 95.9 cm³/mol. The predicted octanol–water partition coefficient (Wildman–Crippen LogP) is 5.84. The van der Waals surface area contributed by atoms with E-state index in [1.807, 2.05) is 12.1 Å². The molecule has 3 heteroatoms. The number of ketones is 1. The summed E-state index contributed by atoms with van der Waals surface area (Å²) in [4.78, 5) is 12.2. The van der Waals surface area contributed by atoms with Crippen molar-refractivity contribution in [2.75, 3.05) is 0 Å². The SMILES string of the molecule is CC(CCCc1ccoc1)CC(=O)CC(C)CCCc1ccoc1. The normalized spacial score (nSPS) is 13.8. The van der Waals surface area contributed by atoms with E-state index in [4.69, 9.17) is 8.83 Å². The molecule has 0 fully saturated rings.